The molecular weight excluding hydrogens is 458 g/mol. The van der Waals surface area contributed by atoms with Gasteiger partial charge in [-0.05, 0) is 55.5 Å². The van der Waals surface area contributed by atoms with Gasteiger partial charge in [0.15, 0.2) is 23.0 Å². The van der Waals surface area contributed by atoms with Gasteiger partial charge >= 0.3 is 6.61 Å². The molecule has 4 rings (SSSR count). The first kappa shape index (κ1) is 26.1. The van der Waals surface area contributed by atoms with Gasteiger partial charge in [-0.3, -0.25) is 9.78 Å². The number of carbonyl (C=O) groups is 1. The van der Waals surface area contributed by atoms with Crippen molar-refractivity contribution in [1.82, 2.24) is 15.3 Å². The van der Waals surface area contributed by atoms with E-state index in [1.54, 1.807) is 6.20 Å². The molecule has 8 nitrogen and oxygen atoms in total. The lowest BCUT2D eigenvalue weighted by molar-refractivity contribution is -0.0515. The summed E-state index contributed by atoms with van der Waals surface area (Å²) in [5.74, 6) is 0.349. The van der Waals surface area contributed by atoms with Crippen LogP contribution in [0.4, 0.5) is 8.78 Å². The van der Waals surface area contributed by atoms with Crippen molar-refractivity contribution in [2.24, 2.45) is 11.7 Å². The number of hydrogen-bond acceptors (Lipinski definition) is 7. The van der Waals surface area contributed by atoms with Gasteiger partial charge in [0.2, 0.25) is 5.89 Å². The molecule has 3 aromatic rings. The Morgan fingerprint density at radius 2 is 2.00 bits per heavy atom. The summed E-state index contributed by atoms with van der Waals surface area (Å²) in [5, 5.41) is 2.75. The van der Waals surface area contributed by atoms with Crippen LogP contribution in [0.15, 0.2) is 40.9 Å². The monoisotopic (exact) mass is 488 g/mol. The highest BCUT2D eigenvalue weighted by atomic mass is 19.3. The van der Waals surface area contributed by atoms with Crippen molar-refractivity contribution < 1.29 is 27.5 Å². The van der Waals surface area contributed by atoms with Crippen molar-refractivity contribution in [3.8, 4) is 23.0 Å². The Balaban J connectivity index is 0.00000167. The maximum atomic E-state index is 12.8. The molecule has 0 bridgehead atoms. The Morgan fingerprint density at radius 1 is 1.23 bits per heavy atom. The van der Waals surface area contributed by atoms with E-state index in [1.165, 1.54) is 18.2 Å². The SMILES string of the molecule is CC.Cc1ccc(CNC(=O)c2nc(-c3ccc(OC(F)F)c(OCC4CC4)c3)oc2CN)nc1. The second kappa shape index (κ2) is 12.3. The first-order valence-corrected chi connectivity index (χ1v) is 11.5. The summed E-state index contributed by atoms with van der Waals surface area (Å²) >= 11 is 0. The number of carbonyl (C=O) groups excluding carboxylic acids is 1. The molecule has 1 fully saturated rings. The van der Waals surface area contributed by atoms with Gasteiger partial charge in [0.25, 0.3) is 5.91 Å². The van der Waals surface area contributed by atoms with E-state index < -0.39 is 12.5 Å². The van der Waals surface area contributed by atoms with Gasteiger partial charge in [-0.25, -0.2) is 4.98 Å². The standard InChI is InChI=1S/C23H24F2N4O4.C2H6/c1-13-2-6-16(27-10-13)11-28-21(30)20-19(9-26)32-22(29-20)15-5-7-17(33-23(24)25)18(8-15)31-12-14-3-4-14;1-2/h2,5-8,10,14,23H,3-4,9,11-12,26H2,1H3,(H,28,30);1-2H3. The fourth-order valence-corrected chi connectivity index (χ4v) is 3.09. The summed E-state index contributed by atoms with van der Waals surface area (Å²) in [6.45, 7) is 3.51. The summed E-state index contributed by atoms with van der Waals surface area (Å²) in [7, 11) is 0. The summed E-state index contributed by atoms with van der Waals surface area (Å²) < 4.78 is 41.5. The molecule has 0 unspecified atom stereocenters. The van der Waals surface area contributed by atoms with E-state index in [2.05, 4.69) is 20.0 Å². The lowest BCUT2D eigenvalue weighted by Gasteiger charge is -2.12. The predicted molar refractivity (Wildman–Crippen MR) is 126 cm³/mol. The molecule has 0 spiro atoms. The number of halogens is 2. The quantitative estimate of drug-likeness (QED) is 0.419. The highest BCUT2D eigenvalue weighted by molar-refractivity contribution is 5.93. The smallest absolute Gasteiger partial charge is 0.387 e. The molecule has 1 aromatic carbocycles. The third-order valence-electron chi connectivity index (χ3n) is 5.08. The van der Waals surface area contributed by atoms with Gasteiger partial charge in [-0.1, -0.05) is 19.9 Å². The van der Waals surface area contributed by atoms with Gasteiger partial charge < -0.3 is 24.9 Å². The van der Waals surface area contributed by atoms with Crippen LogP contribution in [0.2, 0.25) is 0 Å². The highest BCUT2D eigenvalue weighted by Gasteiger charge is 2.24. The largest absolute Gasteiger partial charge is 0.489 e. The van der Waals surface area contributed by atoms with Crippen LogP contribution in [0.3, 0.4) is 0 Å². The zero-order valence-electron chi connectivity index (χ0n) is 20.0. The van der Waals surface area contributed by atoms with Crippen LogP contribution in [0.25, 0.3) is 11.5 Å². The Hall–Kier alpha value is -3.53. The number of nitrogens with two attached hydrogens (primary N) is 1. The molecule has 0 radical (unpaired) electrons. The summed E-state index contributed by atoms with van der Waals surface area (Å²) in [6.07, 6.45) is 3.80. The molecule has 1 aliphatic carbocycles. The van der Waals surface area contributed by atoms with Crippen molar-refractivity contribution in [3.63, 3.8) is 0 Å². The lowest BCUT2D eigenvalue weighted by Crippen LogP contribution is -2.25. The Bertz CT molecular complexity index is 1120. The van der Waals surface area contributed by atoms with Gasteiger partial charge in [0.05, 0.1) is 25.4 Å². The molecule has 3 N–H and O–H groups in total. The molecule has 0 saturated heterocycles. The molecule has 188 valence electrons. The summed E-state index contributed by atoms with van der Waals surface area (Å²) in [5.41, 5.74) is 7.95. The number of aromatic nitrogens is 2. The minimum Gasteiger partial charge on any atom is -0.489 e. The Kier molecular flexibility index (Phi) is 9.13. The van der Waals surface area contributed by atoms with Gasteiger partial charge in [-0.2, -0.15) is 8.78 Å². The highest BCUT2D eigenvalue weighted by Crippen LogP contribution is 2.36. The van der Waals surface area contributed by atoms with Crippen LogP contribution in [-0.4, -0.2) is 29.1 Å². The maximum absolute atomic E-state index is 12.8. The van der Waals surface area contributed by atoms with E-state index in [1.807, 2.05) is 32.9 Å². The molecule has 2 aromatic heterocycles. The molecule has 1 saturated carbocycles. The molecule has 35 heavy (non-hydrogen) atoms. The number of aryl methyl sites for hydroxylation is 1. The van der Waals surface area contributed by atoms with E-state index in [-0.39, 0.29) is 41.9 Å². The molecule has 1 aliphatic rings. The summed E-state index contributed by atoms with van der Waals surface area (Å²) in [4.78, 5) is 21.2. The number of pyridine rings is 1. The fraction of sp³-hybridized carbons (Fsp3) is 0.400. The van der Waals surface area contributed by atoms with Crippen molar-refractivity contribution in [2.75, 3.05) is 6.61 Å². The van der Waals surface area contributed by atoms with Crippen molar-refractivity contribution in [3.05, 3.63) is 59.2 Å². The number of rotatable bonds is 10. The zero-order valence-corrected chi connectivity index (χ0v) is 20.0. The number of benzene rings is 1. The van der Waals surface area contributed by atoms with Crippen LogP contribution in [-0.2, 0) is 13.1 Å². The fourth-order valence-electron chi connectivity index (χ4n) is 3.09. The Morgan fingerprint density at radius 3 is 2.63 bits per heavy atom. The third kappa shape index (κ3) is 7.22. The second-order valence-corrected chi connectivity index (χ2v) is 7.80. The normalized spacial score (nSPS) is 12.7. The molecular formula is C25H30F2N4O4. The molecule has 10 heteroatoms. The zero-order chi connectivity index (χ0) is 25.4. The second-order valence-electron chi connectivity index (χ2n) is 7.80. The van der Waals surface area contributed by atoms with Crippen molar-refractivity contribution in [2.45, 2.75) is 53.3 Å². The number of oxazole rings is 1. The van der Waals surface area contributed by atoms with Crippen LogP contribution >= 0.6 is 0 Å². The molecule has 0 aliphatic heterocycles. The molecule has 0 atom stereocenters. The van der Waals surface area contributed by atoms with Gasteiger partial charge in [0.1, 0.15) is 0 Å². The third-order valence-corrected chi connectivity index (χ3v) is 5.08. The number of nitrogens with one attached hydrogen (secondary N) is 1. The van der Waals surface area contributed by atoms with Crippen molar-refractivity contribution in [1.29, 1.82) is 0 Å². The minimum atomic E-state index is -2.98. The number of nitrogens with zero attached hydrogens (tertiary/aromatic N) is 2. The average molecular weight is 489 g/mol. The number of amides is 1. The van der Waals surface area contributed by atoms with Crippen LogP contribution in [0.1, 0.15) is 54.2 Å². The van der Waals surface area contributed by atoms with Crippen LogP contribution < -0.4 is 20.5 Å². The number of ether oxygens (including phenoxy) is 2. The minimum absolute atomic E-state index is 0.0455. The van der Waals surface area contributed by atoms with E-state index in [9.17, 15) is 13.6 Å². The molecule has 2 heterocycles. The van der Waals surface area contributed by atoms with Crippen LogP contribution in [0.5, 0.6) is 11.5 Å². The van der Waals surface area contributed by atoms with E-state index in [4.69, 9.17) is 14.9 Å². The lowest BCUT2D eigenvalue weighted by atomic mass is 10.2. The first-order valence-electron chi connectivity index (χ1n) is 11.5. The van der Waals surface area contributed by atoms with E-state index in [0.717, 1.165) is 18.4 Å². The average Bonchev–Trinajstić information content (AvgIpc) is 3.59. The Labute approximate surface area is 202 Å². The first-order chi connectivity index (χ1) is 16.9. The van der Waals surface area contributed by atoms with Gasteiger partial charge in [-0.15, -0.1) is 0 Å². The number of hydrogen-bond donors (Lipinski definition) is 2. The van der Waals surface area contributed by atoms with Crippen molar-refractivity contribution >= 4 is 5.91 Å². The maximum Gasteiger partial charge on any atom is 0.387 e. The van der Waals surface area contributed by atoms with E-state index in [0.29, 0.717) is 23.8 Å². The molecule has 1 amide bonds. The topological polar surface area (TPSA) is 112 Å². The van der Waals surface area contributed by atoms with E-state index >= 15 is 0 Å². The summed E-state index contributed by atoms with van der Waals surface area (Å²) in [6, 6.07) is 8.09. The number of alkyl halides is 2. The van der Waals surface area contributed by atoms with Gasteiger partial charge in [0, 0.05) is 11.8 Å². The van der Waals surface area contributed by atoms with Crippen LogP contribution in [0, 0.1) is 12.8 Å². The predicted octanol–water partition coefficient (Wildman–Crippen LogP) is 4.85.